The Kier molecular flexibility index (Phi) is 3.27. The van der Waals surface area contributed by atoms with Gasteiger partial charge in [0.1, 0.15) is 0 Å². The number of carbonyl (C=O) groups is 2. The van der Waals surface area contributed by atoms with E-state index in [-0.39, 0.29) is 11.8 Å². The van der Waals surface area contributed by atoms with Crippen LogP contribution in [0.5, 0.6) is 0 Å². The van der Waals surface area contributed by atoms with Crippen LogP contribution in [0, 0.1) is 23.7 Å². The van der Waals surface area contributed by atoms with Gasteiger partial charge < -0.3 is 10.0 Å². The van der Waals surface area contributed by atoms with Crippen molar-refractivity contribution in [3.8, 4) is 0 Å². The van der Waals surface area contributed by atoms with Gasteiger partial charge in [0, 0.05) is 12.6 Å². The molecule has 19 heavy (non-hydrogen) atoms. The van der Waals surface area contributed by atoms with E-state index in [0.717, 1.165) is 32.2 Å². The molecule has 4 nitrogen and oxygen atoms in total. The highest BCUT2D eigenvalue weighted by molar-refractivity contribution is 5.86. The molecule has 106 valence electrons. The molecule has 1 heterocycles. The summed E-state index contributed by atoms with van der Waals surface area (Å²) < 4.78 is 0. The molecule has 1 saturated heterocycles. The Morgan fingerprint density at radius 1 is 1.16 bits per heavy atom. The number of nitrogens with zero attached hydrogens (tertiary/aromatic N) is 1. The molecule has 0 aromatic carbocycles. The summed E-state index contributed by atoms with van der Waals surface area (Å²) in [5, 5.41) is 9.35. The van der Waals surface area contributed by atoms with Crippen molar-refractivity contribution in [2.45, 2.75) is 51.5 Å². The van der Waals surface area contributed by atoms with Crippen LogP contribution in [0.1, 0.15) is 45.4 Å². The number of piperidine rings is 1. The summed E-state index contributed by atoms with van der Waals surface area (Å²) in [6.45, 7) is 2.97. The second-order valence-electron chi connectivity index (χ2n) is 6.62. The molecule has 3 fully saturated rings. The smallest absolute Gasteiger partial charge is 0.307 e. The second kappa shape index (κ2) is 4.80. The molecule has 3 rings (SSSR count). The molecule has 2 saturated carbocycles. The molecular weight excluding hydrogens is 242 g/mol. The first kappa shape index (κ1) is 12.9. The van der Waals surface area contributed by atoms with Crippen molar-refractivity contribution < 1.29 is 14.7 Å². The largest absolute Gasteiger partial charge is 0.481 e. The Morgan fingerprint density at radius 2 is 1.89 bits per heavy atom. The van der Waals surface area contributed by atoms with E-state index >= 15 is 0 Å². The standard InChI is InChI=1S/C15H23NO3/c1-2-9-6-12(13(7-9)15(18)19)14(17)16-8-10-3-4-11(16)5-10/h9-13H,2-8H2,1H3,(H,18,19)/t9?,10?,11?,12-,13+/m0/s1. The average molecular weight is 265 g/mol. The Balaban J connectivity index is 1.73. The van der Waals surface area contributed by atoms with E-state index in [1.54, 1.807) is 0 Å². The molecular formula is C15H23NO3. The van der Waals surface area contributed by atoms with Crippen LogP contribution < -0.4 is 0 Å². The van der Waals surface area contributed by atoms with Gasteiger partial charge in [0.15, 0.2) is 0 Å². The second-order valence-corrected chi connectivity index (χ2v) is 6.62. The third-order valence-electron chi connectivity index (χ3n) is 5.56. The van der Waals surface area contributed by atoms with Gasteiger partial charge in [-0.3, -0.25) is 9.59 Å². The fourth-order valence-electron chi connectivity index (χ4n) is 4.43. The maximum atomic E-state index is 12.7. The minimum atomic E-state index is -0.779. The molecule has 5 atom stereocenters. The lowest BCUT2D eigenvalue weighted by Crippen LogP contribution is -2.43. The van der Waals surface area contributed by atoms with E-state index in [4.69, 9.17) is 0 Å². The predicted octanol–water partition coefficient (Wildman–Crippen LogP) is 2.13. The number of likely N-dealkylation sites (tertiary alicyclic amines) is 1. The topological polar surface area (TPSA) is 57.6 Å². The monoisotopic (exact) mass is 265 g/mol. The number of fused-ring (bicyclic) bond motifs is 2. The Hall–Kier alpha value is -1.06. The summed E-state index contributed by atoms with van der Waals surface area (Å²) in [6.07, 6.45) is 5.97. The van der Waals surface area contributed by atoms with Crippen molar-refractivity contribution in [2.75, 3.05) is 6.54 Å². The van der Waals surface area contributed by atoms with Crippen LogP contribution >= 0.6 is 0 Å². The van der Waals surface area contributed by atoms with Crippen molar-refractivity contribution in [1.82, 2.24) is 4.90 Å². The molecule has 1 amide bonds. The van der Waals surface area contributed by atoms with Gasteiger partial charge >= 0.3 is 5.97 Å². The SMILES string of the molecule is CCC1C[C@H](C(=O)N2CC3CCC2C3)[C@H](C(=O)O)C1. The molecule has 0 aromatic rings. The molecule has 0 spiro atoms. The Labute approximate surface area is 114 Å². The number of amides is 1. The highest BCUT2D eigenvalue weighted by atomic mass is 16.4. The first-order valence-electron chi connectivity index (χ1n) is 7.63. The van der Waals surface area contributed by atoms with Gasteiger partial charge in [0.25, 0.3) is 0 Å². The number of rotatable bonds is 3. The first-order chi connectivity index (χ1) is 9.10. The maximum absolute atomic E-state index is 12.7. The van der Waals surface area contributed by atoms with Crippen LogP contribution in [0.25, 0.3) is 0 Å². The van der Waals surface area contributed by atoms with Gasteiger partial charge in [0.05, 0.1) is 11.8 Å². The highest BCUT2D eigenvalue weighted by Gasteiger charge is 2.48. The van der Waals surface area contributed by atoms with Gasteiger partial charge in [-0.25, -0.2) is 0 Å². The highest BCUT2D eigenvalue weighted by Crippen LogP contribution is 2.43. The van der Waals surface area contributed by atoms with Crippen molar-refractivity contribution in [3.63, 3.8) is 0 Å². The quantitative estimate of drug-likeness (QED) is 0.850. The average Bonchev–Trinajstić information content (AvgIpc) is 3.11. The van der Waals surface area contributed by atoms with Gasteiger partial charge in [0.2, 0.25) is 5.91 Å². The van der Waals surface area contributed by atoms with Gasteiger partial charge in [-0.15, -0.1) is 0 Å². The summed E-state index contributed by atoms with van der Waals surface area (Å²) in [5.41, 5.74) is 0. The maximum Gasteiger partial charge on any atom is 0.307 e. The number of carboxylic acids is 1. The van der Waals surface area contributed by atoms with Crippen LogP contribution in [-0.2, 0) is 9.59 Å². The van der Waals surface area contributed by atoms with Crippen LogP contribution in [0.15, 0.2) is 0 Å². The normalized spacial score (nSPS) is 40.9. The molecule has 4 heteroatoms. The third kappa shape index (κ3) is 2.15. The van der Waals surface area contributed by atoms with E-state index in [1.165, 1.54) is 6.42 Å². The number of aliphatic carboxylic acids is 1. The van der Waals surface area contributed by atoms with E-state index in [0.29, 0.717) is 24.3 Å². The number of carbonyl (C=O) groups excluding carboxylic acids is 1. The van der Waals surface area contributed by atoms with Crippen LogP contribution in [-0.4, -0.2) is 34.5 Å². The fraction of sp³-hybridized carbons (Fsp3) is 0.867. The lowest BCUT2D eigenvalue weighted by atomic mass is 9.94. The molecule has 0 radical (unpaired) electrons. The zero-order valence-corrected chi connectivity index (χ0v) is 11.5. The van der Waals surface area contributed by atoms with Gasteiger partial charge in [-0.05, 0) is 43.9 Å². The zero-order valence-electron chi connectivity index (χ0n) is 11.5. The molecule has 3 aliphatic rings. The molecule has 1 aliphatic heterocycles. The van der Waals surface area contributed by atoms with Crippen molar-refractivity contribution >= 4 is 11.9 Å². The summed E-state index contributed by atoms with van der Waals surface area (Å²) in [7, 11) is 0. The molecule has 0 aromatic heterocycles. The van der Waals surface area contributed by atoms with Crippen molar-refractivity contribution in [3.05, 3.63) is 0 Å². The van der Waals surface area contributed by atoms with Crippen molar-refractivity contribution in [1.29, 1.82) is 0 Å². The van der Waals surface area contributed by atoms with Crippen molar-refractivity contribution in [2.24, 2.45) is 23.7 Å². The van der Waals surface area contributed by atoms with E-state index in [1.807, 2.05) is 4.90 Å². The van der Waals surface area contributed by atoms with Crippen LogP contribution in [0.4, 0.5) is 0 Å². The molecule has 3 unspecified atom stereocenters. The van der Waals surface area contributed by atoms with Gasteiger partial charge in [-0.2, -0.15) is 0 Å². The lowest BCUT2D eigenvalue weighted by Gasteiger charge is -2.30. The Morgan fingerprint density at radius 3 is 2.42 bits per heavy atom. The van der Waals surface area contributed by atoms with Gasteiger partial charge in [-0.1, -0.05) is 13.3 Å². The fourth-order valence-corrected chi connectivity index (χ4v) is 4.43. The summed E-state index contributed by atoms with van der Waals surface area (Å²) in [4.78, 5) is 26.1. The first-order valence-corrected chi connectivity index (χ1v) is 7.63. The van der Waals surface area contributed by atoms with Crippen LogP contribution in [0.3, 0.4) is 0 Å². The van der Waals surface area contributed by atoms with E-state index < -0.39 is 11.9 Å². The lowest BCUT2D eigenvalue weighted by molar-refractivity contribution is -0.149. The third-order valence-corrected chi connectivity index (χ3v) is 5.56. The molecule has 1 N–H and O–H groups in total. The minimum Gasteiger partial charge on any atom is -0.481 e. The summed E-state index contributed by atoms with van der Waals surface area (Å²) in [6, 6.07) is 0.410. The summed E-state index contributed by atoms with van der Waals surface area (Å²) >= 11 is 0. The van der Waals surface area contributed by atoms with E-state index in [2.05, 4.69) is 6.92 Å². The molecule has 2 aliphatic carbocycles. The minimum absolute atomic E-state index is 0.135. The Bertz CT molecular complexity index is 395. The number of hydrogen-bond acceptors (Lipinski definition) is 2. The number of hydrogen-bond donors (Lipinski definition) is 1. The zero-order chi connectivity index (χ0) is 13.6. The van der Waals surface area contributed by atoms with E-state index in [9.17, 15) is 14.7 Å². The molecule has 2 bridgehead atoms. The number of carboxylic acid groups (broad SMARTS) is 1. The summed E-state index contributed by atoms with van der Waals surface area (Å²) in [5.74, 6) is -0.261. The predicted molar refractivity (Wildman–Crippen MR) is 70.5 cm³/mol. The van der Waals surface area contributed by atoms with Crippen LogP contribution in [0.2, 0.25) is 0 Å².